The molecule has 0 saturated carbocycles. The molecule has 6 nitrogen and oxygen atoms in total. The number of esters is 2. The minimum Gasteiger partial charge on any atom is -0.457 e. The Kier molecular flexibility index (Phi) is 7.42. The van der Waals surface area contributed by atoms with Crippen LogP contribution in [0, 0.1) is 0 Å². The van der Waals surface area contributed by atoms with Gasteiger partial charge in [0.2, 0.25) is 0 Å². The lowest BCUT2D eigenvalue weighted by molar-refractivity contribution is -0.158. The standard InChI is InChI=1S/C15H20O6/c1-4-18-14(19-5-2)10-20-15(17)12-8-6-7-9-13(12)21-11(3)16/h6-9,14H,4-5,10H2,1-3H3. The molecule has 0 radical (unpaired) electrons. The first-order chi connectivity index (χ1) is 10.1. The Labute approximate surface area is 123 Å². The molecule has 21 heavy (non-hydrogen) atoms. The van der Waals surface area contributed by atoms with E-state index < -0.39 is 18.2 Å². The lowest BCUT2D eigenvalue weighted by Crippen LogP contribution is -2.25. The van der Waals surface area contributed by atoms with Crippen LogP contribution in [0.1, 0.15) is 31.1 Å². The summed E-state index contributed by atoms with van der Waals surface area (Å²) >= 11 is 0. The number of para-hydroxylation sites is 1. The molecule has 0 bridgehead atoms. The van der Waals surface area contributed by atoms with Crippen molar-refractivity contribution in [3.05, 3.63) is 29.8 Å². The van der Waals surface area contributed by atoms with E-state index in [1.807, 2.05) is 13.8 Å². The number of rotatable bonds is 8. The average molecular weight is 296 g/mol. The third-order valence-electron chi connectivity index (χ3n) is 2.42. The van der Waals surface area contributed by atoms with Crippen molar-refractivity contribution in [2.75, 3.05) is 19.8 Å². The lowest BCUT2D eigenvalue weighted by atomic mass is 10.2. The molecule has 6 heteroatoms. The summed E-state index contributed by atoms with van der Waals surface area (Å²) < 4.78 is 20.7. The highest BCUT2D eigenvalue weighted by Crippen LogP contribution is 2.19. The second-order valence-corrected chi connectivity index (χ2v) is 4.03. The van der Waals surface area contributed by atoms with Crippen molar-refractivity contribution in [3.63, 3.8) is 0 Å². The summed E-state index contributed by atoms with van der Waals surface area (Å²) in [5.41, 5.74) is 0.180. The fraction of sp³-hybridized carbons (Fsp3) is 0.467. The van der Waals surface area contributed by atoms with E-state index in [0.29, 0.717) is 13.2 Å². The maximum Gasteiger partial charge on any atom is 0.342 e. The van der Waals surface area contributed by atoms with Crippen LogP contribution in [0.3, 0.4) is 0 Å². The van der Waals surface area contributed by atoms with Gasteiger partial charge in [-0.15, -0.1) is 0 Å². The molecule has 0 atom stereocenters. The third kappa shape index (κ3) is 5.93. The molecule has 1 rings (SSSR count). The smallest absolute Gasteiger partial charge is 0.342 e. The predicted molar refractivity (Wildman–Crippen MR) is 75.1 cm³/mol. The van der Waals surface area contributed by atoms with E-state index in [-0.39, 0.29) is 17.9 Å². The van der Waals surface area contributed by atoms with Gasteiger partial charge in [-0.2, -0.15) is 0 Å². The molecule has 0 aliphatic carbocycles. The van der Waals surface area contributed by atoms with Crippen molar-refractivity contribution >= 4 is 11.9 Å². The minimum absolute atomic E-state index is 0.0328. The fourth-order valence-electron chi connectivity index (χ4n) is 1.62. The van der Waals surface area contributed by atoms with E-state index >= 15 is 0 Å². The van der Waals surface area contributed by atoms with Crippen LogP contribution in [0.25, 0.3) is 0 Å². The highest BCUT2D eigenvalue weighted by molar-refractivity contribution is 5.93. The van der Waals surface area contributed by atoms with Crippen LogP contribution in [0.5, 0.6) is 5.75 Å². The summed E-state index contributed by atoms with van der Waals surface area (Å²) in [4.78, 5) is 23.0. The largest absolute Gasteiger partial charge is 0.457 e. The van der Waals surface area contributed by atoms with Crippen LogP contribution >= 0.6 is 0 Å². The van der Waals surface area contributed by atoms with Crippen molar-refractivity contribution in [1.29, 1.82) is 0 Å². The number of ether oxygens (including phenoxy) is 4. The van der Waals surface area contributed by atoms with Gasteiger partial charge in [0.15, 0.2) is 6.29 Å². The first-order valence-corrected chi connectivity index (χ1v) is 6.76. The molecule has 0 unspecified atom stereocenters. The van der Waals surface area contributed by atoms with Gasteiger partial charge in [0, 0.05) is 20.1 Å². The maximum atomic E-state index is 12.0. The lowest BCUT2D eigenvalue weighted by Gasteiger charge is -2.17. The highest BCUT2D eigenvalue weighted by atomic mass is 16.7. The normalized spacial score (nSPS) is 10.5. The SMILES string of the molecule is CCOC(COC(=O)c1ccccc1OC(C)=O)OCC. The molecule has 0 aliphatic heterocycles. The van der Waals surface area contributed by atoms with E-state index in [4.69, 9.17) is 18.9 Å². The molecular weight excluding hydrogens is 276 g/mol. The van der Waals surface area contributed by atoms with E-state index in [1.165, 1.54) is 19.1 Å². The van der Waals surface area contributed by atoms with Gasteiger partial charge in [-0.05, 0) is 26.0 Å². The molecule has 0 aromatic heterocycles. The summed E-state index contributed by atoms with van der Waals surface area (Å²) in [6.45, 7) is 5.78. The molecule has 0 spiro atoms. The topological polar surface area (TPSA) is 71.1 Å². The van der Waals surface area contributed by atoms with Gasteiger partial charge >= 0.3 is 11.9 Å². The van der Waals surface area contributed by atoms with Gasteiger partial charge in [0.25, 0.3) is 0 Å². The quantitative estimate of drug-likeness (QED) is 0.416. The zero-order valence-corrected chi connectivity index (χ0v) is 12.5. The molecular formula is C15H20O6. The second kappa shape index (κ2) is 9.10. The van der Waals surface area contributed by atoms with Crippen LogP contribution < -0.4 is 4.74 Å². The average Bonchev–Trinajstić information content (AvgIpc) is 2.45. The molecule has 1 aromatic carbocycles. The van der Waals surface area contributed by atoms with E-state index in [9.17, 15) is 9.59 Å². The van der Waals surface area contributed by atoms with Crippen molar-refractivity contribution in [2.45, 2.75) is 27.1 Å². The zero-order valence-electron chi connectivity index (χ0n) is 12.5. The van der Waals surface area contributed by atoms with Crippen molar-refractivity contribution < 1.29 is 28.5 Å². The molecule has 0 N–H and O–H groups in total. The van der Waals surface area contributed by atoms with Gasteiger partial charge in [-0.1, -0.05) is 12.1 Å². The monoisotopic (exact) mass is 296 g/mol. The first-order valence-electron chi connectivity index (χ1n) is 6.76. The summed E-state index contributed by atoms with van der Waals surface area (Å²) in [5, 5.41) is 0. The Hall–Kier alpha value is -1.92. The Morgan fingerprint density at radius 3 is 2.29 bits per heavy atom. The number of carbonyl (C=O) groups is 2. The van der Waals surface area contributed by atoms with Gasteiger partial charge in [0.1, 0.15) is 17.9 Å². The van der Waals surface area contributed by atoms with Gasteiger partial charge in [0.05, 0.1) is 0 Å². The number of carbonyl (C=O) groups excluding carboxylic acids is 2. The fourth-order valence-corrected chi connectivity index (χ4v) is 1.62. The first kappa shape index (κ1) is 17.1. The Morgan fingerprint density at radius 2 is 1.71 bits per heavy atom. The molecule has 0 fully saturated rings. The Morgan fingerprint density at radius 1 is 1.10 bits per heavy atom. The van der Waals surface area contributed by atoms with Crippen LogP contribution in [0.2, 0.25) is 0 Å². The molecule has 0 heterocycles. The zero-order chi connectivity index (χ0) is 15.7. The second-order valence-electron chi connectivity index (χ2n) is 4.03. The van der Waals surface area contributed by atoms with E-state index in [1.54, 1.807) is 12.1 Å². The van der Waals surface area contributed by atoms with Crippen molar-refractivity contribution in [2.24, 2.45) is 0 Å². The highest BCUT2D eigenvalue weighted by Gasteiger charge is 2.17. The molecule has 0 saturated heterocycles. The van der Waals surface area contributed by atoms with Gasteiger partial charge < -0.3 is 18.9 Å². The number of benzene rings is 1. The van der Waals surface area contributed by atoms with E-state index in [0.717, 1.165) is 0 Å². The third-order valence-corrected chi connectivity index (χ3v) is 2.42. The molecule has 1 aromatic rings. The predicted octanol–water partition coefficient (Wildman–Crippen LogP) is 2.17. The van der Waals surface area contributed by atoms with Gasteiger partial charge in [-0.25, -0.2) is 4.79 Å². The van der Waals surface area contributed by atoms with Crippen LogP contribution in [-0.2, 0) is 19.0 Å². The summed E-state index contributed by atoms with van der Waals surface area (Å²) in [6.07, 6.45) is -0.607. The van der Waals surface area contributed by atoms with Crippen LogP contribution in [-0.4, -0.2) is 38.0 Å². The van der Waals surface area contributed by atoms with Crippen molar-refractivity contribution in [3.8, 4) is 5.75 Å². The molecule has 0 amide bonds. The Bertz CT molecular complexity index is 465. The summed E-state index contributed by atoms with van der Waals surface area (Å²) in [6, 6.07) is 6.38. The minimum atomic E-state index is -0.607. The van der Waals surface area contributed by atoms with Crippen molar-refractivity contribution in [1.82, 2.24) is 0 Å². The number of hydrogen-bond acceptors (Lipinski definition) is 6. The molecule has 116 valence electrons. The van der Waals surface area contributed by atoms with Crippen LogP contribution in [0.15, 0.2) is 24.3 Å². The maximum absolute atomic E-state index is 12.0. The number of hydrogen-bond donors (Lipinski definition) is 0. The summed E-state index contributed by atoms with van der Waals surface area (Å²) in [5.74, 6) is -0.938. The van der Waals surface area contributed by atoms with Gasteiger partial charge in [-0.3, -0.25) is 4.79 Å². The Balaban J connectivity index is 2.68. The summed E-state index contributed by atoms with van der Waals surface area (Å²) in [7, 11) is 0. The van der Waals surface area contributed by atoms with E-state index in [2.05, 4.69) is 0 Å². The molecule has 0 aliphatic rings. The van der Waals surface area contributed by atoms with Crippen LogP contribution in [0.4, 0.5) is 0 Å².